The third kappa shape index (κ3) is 1.57. The first-order valence-corrected chi connectivity index (χ1v) is 4.16. The molecule has 0 aromatic heterocycles. The zero-order valence-electron chi connectivity index (χ0n) is 7.40. The van der Waals surface area contributed by atoms with Gasteiger partial charge in [0.25, 0.3) is 0 Å². The van der Waals surface area contributed by atoms with Crippen LogP contribution in [0.25, 0.3) is 0 Å². The van der Waals surface area contributed by atoms with Gasteiger partial charge in [-0.2, -0.15) is 0 Å². The Bertz CT molecular complexity index is 413. The molecule has 0 saturated carbocycles. The topological polar surface area (TPSA) is 47.6 Å². The van der Waals surface area contributed by atoms with E-state index >= 15 is 0 Å². The fraction of sp³-hybridized carbons (Fsp3) is 0.100. The Balaban J connectivity index is 2.30. The summed E-state index contributed by atoms with van der Waals surface area (Å²) in [6.07, 6.45) is 3.55. The van der Waals surface area contributed by atoms with Gasteiger partial charge in [-0.3, -0.25) is 9.83 Å². The smallest absolute Gasteiger partial charge is 0.128 e. The lowest BCUT2D eigenvalue weighted by Gasteiger charge is -2.08. The highest BCUT2D eigenvalue weighted by Gasteiger charge is 2.08. The summed E-state index contributed by atoms with van der Waals surface area (Å²) >= 11 is 0. The van der Waals surface area contributed by atoms with Crippen LogP contribution in [0.1, 0.15) is 11.1 Å². The average Bonchev–Trinajstić information content (AvgIpc) is 2.08. The molecule has 0 amide bonds. The molecule has 0 aliphatic carbocycles. The number of aliphatic imine (C=N–C) groups is 1. The predicted octanol–water partition coefficient (Wildman–Crippen LogP) is 1.53. The van der Waals surface area contributed by atoms with Crippen molar-refractivity contribution in [2.45, 2.75) is 6.61 Å². The van der Waals surface area contributed by atoms with Crippen LogP contribution in [0.5, 0.6) is 0 Å². The maximum Gasteiger partial charge on any atom is 0.128 e. The van der Waals surface area contributed by atoms with Gasteiger partial charge >= 0.3 is 0 Å². The van der Waals surface area contributed by atoms with E-state index < -0.39 is 0 Å². The van der Waals surface area contributed by atoms with E-state index in [-0.39, 0.29) is 12.4 Å². The molecule has 1 aliphatic rings. The van der Waals surface area contributed by atoms with Crippen LogP contribution >= 0.6 is 0 Å². The minimum absolute atomic E-state index is 0.0661. The summed E-state index contributed by atoms with van der Waals surface area (Å²) in [5.41, 5.74) is 2.16. The third-order valence-electron chi connectivity index (χ3n) is 2.03. The molecule has 2 rings (SSSR count). The van der Waals surface area contributed by atoms with Crippen molar-refractivity contribution in [3.8, 4) is 0 Å². The molecule has 0 radical (unpaired) electrons. The molecule has 0 saturated heterocycles. The predicted molar refractivity (Wildman–Crippen MR) is 51.1 cm³/mol. The summed E-state index contributed by atoms with van der Waals surface area (Å²) in [6.45, 7) is 0.0661. The van der Waals surface area contributed by atoms with Crippen LogP contribution in [0.15, 0.2) is 35.5 Å². The van der Waals surface area contributed by atoms with Crippen molar-refractivity contribution in [1.82, 2.24) is 0 Å². The molecular weight excluding hydrogens is 183 g/mol. The van der Waals surface area contributed by atoms with E-state index in [0.717, 1.165) is 11.3 Å². The summed E-state index contributed by atoms with van der Waals surface area (Å²) in [5.74, 6) is 4.57. The monoisotopic (exact) mass is 192 g/mol. The molecule has 72 valence electrons. The molecule has 1 aromatic rings. The summed E-state index contributed by atoms with van der Waals surface area (Å²) in [4.78, 5) is 8.41. The van der Waals surface area contributed by atoms with Crippen LogP contribution in [-0.2, 0) is 11.4 Å². The number of hydrogen-bond donors (Lipinski definition) is 1. The maximum atomic E-state index is 13.1. The lowest BCUT2D eigenvalue weighted by molar-refractivity contribution is 0.121. The quantitative estimate of drug-likeness (QED) is 0.738. The van der Waals surface area contributed by atoms with Gasteiger partial charge in [0.1, 0.15) is 5.82 Å². The van der Waals surface area contributed by atoms with Gasteiger partial charge in [-0.05, 0) is 24.3 Å². The Kier molecular flexibility index (Phi) is 2.39. The summed E-state index contributed by atoms with van der Waals surface area (Å²) in [7, 11) is 0. The first-order chi connectivity index (χ1) is 6.81. The second kappa shape index (κ2) is 3.69. The van der Waals surface area contributed by atoms with E-state index in [0.29, 0.717) is 5.56 Å². The molecule has 1 aromatic carbocycles. The Labute approximate surface area is 80.7 Å². The Morgan fingerprint density at radius 2 is 2.21 bits per heavy atom. The SMILES string of the molecule is NOCc1cc(C2=NC=C2)ccc1F. The standard InChI is InChI=1S/C10H9FN2O/c11-9-2-1-7(10-3-4-13-10)5-8(9)6-14-12/h1-5H,6,12H2. The Morgan fingerprint density at radius 3 is 2.79 bits per heavy atom. The van der Waals surface area contributed by atoms with E-state index in [1.165, 1.54) is 6.07 Å². The number of halogens is 1. The fourth-order valence-electron chi connectivity index (χ4n) is 1.25. The first kappa shape index (κ1) is 9.05. The van der Waals surface area contributed by atoms with Gasteiger partial charge in [0, 0.05) is 17.3 Å². The molecule has 1 heterocycles. The maximum absolute atomic E-state index is 13.1. The summed E-state index contributed by atoms with van der Waals surface area (Å²) in [5, 5.41) is 0. The highest BCUT2D eigenvalue weighted by molar-refractivity contribution is 6.12. The minimum Gasteiger partial charge on any atom is -0.300 e. The normalized spacial score (nSPS) is 13.7. The Hall–Kier alpha value is -1.52. The van der Waals surface area contributed by atoms with Gasteiger partial charge in [0.05, 0.1) is 12.3 Å². The number of allylic oxidation sites excluding steroid dienone is 1. The molecule has 4 heteroatoms. The van der Waals surface area contributed by atoms with Crippen LogP contribution in [-0.4, -0.2) is 5.71 Å². The van der Waals surface area contributed by atoms with Crippen molar-refractivity contribution in [2.75, 3.05) is 0 Å². The van der Waals surface area contributed by atoms with Gasteiger partial charge in [0.2, 0.25) is 0 Å². The number of hydrogen-bond acceptors (Lipinski definition) is 3. The number of nitrogens with two attached hydrogens (primary N) is 1. The van der Waals surface area contributed by atoms with E-state index in [1.807, 2.05) is 6.08 Å². The van der Waals surface area contributed by atoms with E-state index in [2.05, 4.69) is 9.83 Å². The van der Waals surface area contributed by atoms with Gasteiger partial charge < -0.3 is 0 Å². The van der Waals surface area contributed by atoms with Crippen molar-refractivity contribution in [1.29, 1.82) is 0 Å². The molecule has 0 fully saturated rings. The van der Waals surface area contributed by atoms with Crippen LogP contribution < -0.4 is 5.90 Å². The van der Waals surface area contributed by atoms with Gasteiger partial charge in [-0.15, -0.1) is 0 Å². The van der Waals surface area contributed by atoms with Gasteiger partial charge in [-0.1, -0.05) is 0 Å². The first-order valence-electron chi connectivity index (χ1n) is 4.16. The largest absolute Gasteiger partial charge is 0.300 e. The third-order valence-corrected chi connectivity index (χ3v) is 2.03. The average molecular weight is 192 g/mol. The van der Waals surface area contributed by atoms with Crippen LogP contribution in [0.2, 0.25) is 0 Å². The van der Waals surface area contributed by atoms with E-state index in [1.54, 1.807) is 18.3 Å². The Morgan fingerprint density at radius 1 is 1.43 bits per heavy atom. The van der Waals surface area contributed by atoms with Crippen LogP contribution in [0, 0.1) is 5.82 Å². The molecule has 0 spiro atoms. The van der Waals surface area contributed by atoms with Gasteiger partial charge in [0.15, 0.2) is 0 Å². The summed E-state index contributed by atoms with van der Waals surface area (Å²) in [6, 6.07) is 4.75. The van der Waals surface area contributed by atoms with Crippen molar-refractivity contribution in [2.24, 2.45) is 10.9 Å². The van der Waals surface area contributed by atoms with E-state index in [4.69, 9.17) is 5.90 Å². The van der Waals surface area contributed by atoms with Crippen LogP contribution in [0.4, 0.5) is 4.39 Å². The van der Waals surface area contributed by atoms with Crippen molar-refractivity contribution in [3.63, 3.8) is 0 Å². The molecule has 2 N–H and O–H groups in total. The molecule has 1 aliphatic heterocycles. The lowest BCUT2D eigenvalue weighted by atomic mass is 10.0. The molecule has 3 nitrogen and oxygen atoms in total. The highest BCUT2D eigenvalue weighted by atomic mass is 19.1. The van der Waals surface area contributed by atoms with Crippen molar-refractivity contribution in [3.05, 3.63) is 47.4 Å². The number of benzene rings is 1. The molecule has 0 bridgehead atoms. The zero-order chi connectivity index (χ0) is 9.97. The molecule has 14 heavy (non-hydrogen) atoms. The summed E-state index contributed by atoms with van der Waals surface area (Å²) < 4.78 is 13.1. The van der Waals surface area contributed by atoms with E-state index in [9.17, 15) is 4.39 Å². The zero-order valence-corrected chi connectivity index (χ0v) is 7.40. The van der Waals surface area contributed by atoms with Gasteiger partial charge in [-0.25, -0.2) is 10.3 Å². The fourth-order valence-corrected chi connectivity index (χ4v) is 1.25. The molecular formula is C10H9FN2O. The van der Waals surface area contributed by atoms with Crippen LogP contribution in [0.3, 0.4) is 0 Å². The second-order valence-corrected chi connectivity index (χ2v) is 2.95. The number of nitrogens with zero attached hydrogens (tertiary/aromatic N) is 1. The lowest BCUT2D eigenvalue weighted by Crippen LogP contribution is -2.06. The molecule has 0 unspecified atom stereocenters. The van der Waals surface area contributed by atoms with Crippen molar-refractivity contribution >= 4 is 5.71 Å². The molecule has 0 atom stereocenters. The number of rotatable bonds is 3. The minimum atomic E-state index is -0.317. The highest BCUT2D eigenvalue weighted by Crippen LogP contribution is 2.15. The van der Waals surface area contributed by atoms with Crippen molar-refractivity contribution < 1.29 is 9.23 Å². The second-order valence-electron chi connectivity index (χ2n) is 2.95.